The van der Waals surface area contributed by atoms with Crippen LogP contribution in [0.3, 0.4) is 0 Å². The van der Waals surface area contributed by atoms with Crippen LogP contribution in [0.15, 0.2) is 54.6 Å². The van der Waals surface area contributed by atoms with Crippen LogP contribution in [0.2, 0.25) is 0 Å². The second kappa shape index (κ2) is 7.90. The Balaban J connectivity index is 1.96. The summed E-state index contributed by atoms with van der Waals surface area (Å²) < 4.78 is 4.99. The fraction of sp³-hybridized carbons (Fsp3) is 0.167. The Labute approximate surface area is 139 Å². The van der Waals surface area contributed by atoms with Gasteiger partial charge in [0.05, 0.1) is 11.6 Å². The molecule has 2 rings (SSSR count). The van der Waals surface area contributed by atoms with Crippen LogP contribution >= 0.6 is 0 Å². The Kier molecular flexibility index (Phi) is 5.66. The van der Waals surface area contributed by atoms with E-state index in [1.165, 1.54) is 13.0 Å². The molecule has 0 bridgehead atoms. The third-order valence-corrected chi connectivity index (χ3v) is 3.26. The maximum atomic E-state index is 12.1. The maximum Gasteiger partial charge on any atom is 0.340 e. The Morgan fingerprint density at radius 2 is 1.88 bits per heavy atom. The molecule has 24 heavy (non-hydrogen) atoms. The van der Waals surface area contributed by atoms with Gasteiger partial charge in [-0.1, -0.05) is 36.4 Å². The molecule has 0 saturated heterocycles. The summed E-state index contributed by atoms with van der Waals surface area (Å²) in [6.45, 7) is 1.40. The van der Waals surface area contributed by atoms with Crippen LogP contribution in [0.4, 0.5) is 5.69 Å². The van der Waals surface area contributed by atoms with Crippen LogP contribution in [0.1, 0.15) is 24.2 Å². The van der Waals surface area contributed by atoms with Crippen LogP contribution in [0.25, 0.3) is 0 Å². The summed E-state index contributed by atoms with van der Waals surface area (Å²) in [6.07, 6.45) is -2.55. The lowest BCUT2D eigenvalue weighted by Crippen LogP contribution is -2.31. The number of amides is 1. The lowest BCUT2D eigenvalue weighted by atomic mass is 10.1. The summed E-state index contributed by atoms with van der Waals surface area (Å²) in [5.74, 6) is -1.46. The van der Waals surface area contributed by atoms with E-state index in [4.69, 9.17) is 10.00 Å². The predicted octanol–water partition coefficient (Wildman–Crippen LogP) is 2.16. The highest BCUT2D eigenvalue weighted by Gasteiger charge is 2.24. The Morgan fingerprint density at radius 3 is 2.54 bits per heavy atom. The SMILES string of the molecule is C[C@H](OC(=O)[C@@H](O)c1ccccc1)C(=O)Nc1cccc(C#N)c1. The van der Waals surface area contributed by atoms with E-state index in [0.29, 0.717) is 16.8 Å². The van der Waals surface area contributed by atoms with Crippen molar-refractivity contribution in [2.45, 2.75) is 19.1 Å². The summed E-state index contributed by atoms with van der Waals surface area (Å²) in [5, 5.41) is 21.3. The number of aliphatic hydroxyl groups is 1. The minimum Gasteiger partial charge on any atom is -0.450 e. The number of nitrogens with zero attached hydrogens (tertiary/aromatic N) is 1. The third-order valence-electron chi connectivity index (χ3n) is 3.26. The van der Waals surface area contributed by atoms with Crippen molar-refractivity contribution in [3.63, 3.8) is 0 Å². The molecule has 2 N–H and O–H groups in total. The molecule has 2 aromatic carbocycles. The van der Waals surface area contributed by atoms with E-state index in [9.17, 15) is 14.7 Å². The lowest BCUT2D eigenvalue weighted by molar-refractivity contribution is -0.162. The number of nitrogens with one attached hydrogen (secondary N) is 1. The van der Waals surface area contributed by atoms with Gasteiger partial charge in [-0.25, -0.2) is 4.79 Å². The number of aliphatic hydroxyl groups excluding tert-OH is 1. The average Bonchev–Trinajstić information content (AvgIpc) is 2.61. The Bertz CT molecular complexity index is 768. The number of carbonyl (C=O) groups excluding carboxylic acids is 2. The Hall–Kier alpha value is -3.17. The van der Waals surface area contributed by atoms with E-state index in [0.717, 1.165) is 0 Å². The van der Waals surface area contributed by atoms with E-state index in [2.05, 4.69) is 5.32 Å². The van der Waals surface area contributed by atoms with Crippen molar-refractivity contribution in [1.82, 2.24) is 0 Å². The highest BCUT2D eigenvalue weighted by atomic mass is 16.6. The first-order valence-electron chi connectivity index (χ1n) is 7.26. The predicted molar refractivity (Wildman–Crippen MR) is 86.7 cm³/mol. The normalized spacial score (nSPS) is 12.5. The molecule has 0 radical (unpaired) electrons. The lowest BCUT2D eigenvalue weighted by Gasteiger charge is -2.16. The molecular formula is C18H16N2O4. The molecule has 122 valence electrons. The summed E-state index contributed by atoms with van der Waals surface area (Å²) in [5.41, 5.74) is 1.21. The molecule has 0 saturated carbocycles. The Morgan fingerprint density at radius 1 is 1.17 bits per heavy atom. The number of anilines is 1. The zero-order valence-corrected chi connectivity index (χ0v) is 13.0. The van der Waals surface area contributed by atoms with Gasteiger partial charge in [0.2, 0.25) is 0 Å². The first kappa shape index (κ1) is 17.2. The van der Waals surface area contributed by atoms with Crippen LogP contribution in [0, 0.1) is 11.3 Å². The number of nitriles is 1. The number of benzene rings is 2. The number of hydrogen-bond donors (Lipinski definition) is 2. The summed E-state index contributed by atoms with van der Waals surface area (Å²) in [6, 6.07) is 16.6. The van der Waals surface area contributed by atoms with Crippen molar-refractivity contribution in [3.8, 4) is 6.07 Å². The van der Waals surface area contributed by atoms with Gasteiger partial charge in [0.25, 0.3) is 5.91 Å². The summed E-state index contributed by atoms with van der Waals surface area (Å²) in [4.78, 5) is 24.0. The van der Waals surface area contributed by atoms with Gasteiger partial charge in [0.1, 0.15) is 0 Å². The topological polar surface area (TPSA) is 99.4 Å². The second-order valence-corrected chi connectivity index (χ2v) is 5.07. The summed E-state index contributed by atoms with van der Waals surface area (Å²) >= 11 is 0. The summed E-state index contributed by atoms with van der Waals surface area (Å²) in [7, 11) is 0. The van der Waals surface area contributed by atoms with Gasteiger partial charge >= 0.3 is 5.97 Å². The highest BCUT2D eigenvalue weighted by Crippen LogP contribution is 2.15. The molecule has 2 atom stereocenters. The van der Waals surface area contributed by atoms with Crippen molar-refractivity contribution >= 4 is 17.6 Å². The number of rotatable bonds is 5. The van der Waals surface area contributed by atoms with E-state index in [1.54, 1.807) is 48.5 Å². The van der Waals surface area contributed by atoms with Gasteiger partial charge in [-0.15, -0.1) is 0 Å². The third kappa shape index (κ3) is 4.41. The quantitative estimate of drug-likeness (QED) is 0.821. The molecular weight excluding hydrogens is 308 g/mol. The molecule has 0 aromatic heterocycles. The van der Waals surface area contributed by atoms with E-state index in [1.807, 2.05) is 6.07 Å². The largest absolute Gasteiger partial charge is 0.450 e. The minimum absolute atomic E-state index is 0.386. The number of ether oxygens (including phenoxy) is 1. The average molecular weight is 324 g/mol. The highest BCUT2D eigenvalue weighted by molar-refractivity contribution is 5.95. The smallest absolute Gasteiger partial charge is 0.340 e. The van der Waals surface area contributed by atoms with E-state index >= 15 is 0 Å². The van der Waals surface area contributed by atoms with Gasteiger partial charge < -0.3 is 15.2 Å². The zero-order valence-electron chi connectivity index (χ0n) is 13.0. The molecule has 0 unspecified atom stereocenters. The van der Waals surface area contributed by atoms with Gasteiger partial charge in [0, 0.05) is 5.69 Å². The van der Waals surface area contributed by atoms with Crippen LogP contribution < -0.4 is 5.32 Å². The van der Waals surface area contributed by atoms with E-state index < -0.39 is 24.1 Å². The number of hydrogen-bond acceptors (Lipinski definition) is 5. The fourth-order valence-electron chi connectivity index (χ4n) is 1.97. The van der Waals surface area contributed by atoms with Crippen molar-refractivity contribution in [2.75, 3.05) is 5.32 Å². The number of carbonyl (C=O) groups is 2. The molecule has 0 fully saturated rings. The first-order valence-corrected chi connectivity index (χ1v) is 7.26. The standard InChI is InChI=1S/C18H16N2O4/c1-12(17(22)20-15-9-5-6-13(10-15)11-19)24-18(23)16(21)14-7-3-2-4-8-14/h2-10,12,16,21H,1H3,(H,20,22)/t12-,16-/m0/s1. The second-order valence-electron chi connectivity index (χ2n) is 5.07. The van der Waals surface area contributed by atoms with Crippen molar-refractivity contribution < 1.29 is 19.4 Å². The number of esters is 1. The molecule has 6 nitrogen and oxygen atoms in total. The van der Waals surface area contributed by atoms with Crippen LogP contribution in [-0.4, -0.2) is 23.1 Å². The molecule has 0 spiro atoms. The molecule has 0 heterocycles. The zero-order chi connectivity index (χ0) is 17.5. The molecule has 0 aliphatic carbocycles. The van der Waals surface area contributed by atoms with Gasteiger partial charge in [-0.3, -0.25) is 4.79 Å². The van der Waals surface area contributed by atoms with Crippen molar-refractivity contribution in [3.05, 3.63) is 65.7 Å². The first-order chi connectivity index (χ1) is 11.5. The van der Waals surface area contributed by atoms with Crippen molar-refractivity contribution in [1.29, 1.82) is 5.26 Å². The minimum atomic E-state index is -1.46. The maximum absolute atomic E-state index is 12.1. The van der Waals surface area contributed by atoms with Gasteiger partial charge in [-0.2, -0.15) is 5.26 Å². The fourth-order valence-corrected chi connectivity index (χ4v) is 1.97. The van der Waals surface area contributed by atoms with Gasteiger partial charge in [-0.05, 0) is 30.7 Å². The van der Waals surface area contributed by atoms with E-state index in [-0.39, 0.29) is 0 Å². The molecule has 0 aliphatic heterocycles. The van der Waals surface area contributed by atoms with Crippen LogP contribution in [0.5, 0.6) is 0 Å². The molecule has 0 aliphatic rings. The van der Waals surface area contributed by atoms with Crippen molar-refractivity contribution in [2.24, 2.45) is 0 Å². The molecule has 2 aromatic rings. The molecule has 1 amide bonds. The monoisotopic (exact) mass is 324 g/mol. The van der Waals surface area contributed by atoms with Gasteiger partial charge in [0.15, 0.2) is 12.2 Å². The van der Waals surface area contributed by atoms with Crippen LogP contribution in [-0.2, 0) is 14.3 Å². The molecule has 6 heteroatoms.